The lowest BCUT2D eigenvalue weighted by atomic mass is 10.1. The van der Waals surface area contributed by atoms with Crippen LogP contribution in [0.1, 0.15) is 12.8 Å². The molecule has 1 aliphatic heterocycles. The van der Waals surface area contributed by atoms with Gasteiger partial charge in [-0.2, -0.15) is 0 Å². The Bertz CT molecular complexity index is 357. The van der Waals surface area contributed by atoms with Gasteiger partial charge in [0.15, 0.2) is 0 Å². The van der Waals surface area contributed by atoms with Gasteiger partial charge in [-0.1, -0.05) is 0 Å². The lowest BCUT2D eigenvalue weighted by Gasteiger charge is -2.27. The molecule has 1 aromatic rings. The van der Waals surface area contributed by atoms with Crippen LogP contribution in [0.2, 0.25) is 0 Å². The van der Waals surface area contributed by atoms with Gasteiger partial charge in [0.1, 0.15) is 18.2 Å². The first kappa shape index (κ1) is 11.2. The molecule has 0 aromatic heterocycles. The summed E-state index contributed by atoms with van der Waals surface area (Å²) in [5, 5.41) is 6.41. The highest BCUT2D eigenvalue weighted by atomic mass is 19.1. The maximum atomic E-state index is 13.0. The summed E-state index contributed by atoms with van der Waals surface area (Å²) in [6.45, 7) is 1.65. The quantitative estimate of drug-likeness (QED) is 0.767. The standard InChI is InChI=1S/C12H17FN2O/c1-14-6-2-3-10-8-16-12-5-4-9(13)7-11(12)15-10/h4-5,7,10,14-15H,2-3,6,8H2,1H3. The molecule has 88 valence electrons. The fourth-order valence-corrected chi connectivity index (χ4v) is 1.87. The molecule has 2 N–H and O–H groups in total. The van der Waals surface area contributed by atoms with E-state index in [2.05, 4.69) is 10.6 Å². The average molecular weight is 224 g/mol. The third-order valence-corrected chi connectivity index (χ3v) is 2.72. The first-order chi connectivity index (χ1) is 7.79. The molecule has 1 aliphatic rings. The lowest BCUT2D eigenvalue weighted by Crippen LogP contribution is -2.32. The molecular weight excluding hydrogens is 207 g/mol. The SMILES string of the molecule is CNCCCC1COc2ccc(F)cc2N1. The van der Waals surface area contributed by atoms with Crippen LogP contribution in [0.15, 0.2) is 18.2 Å². The number of rotatable bonds is 4. The molecule has 16 heavy (non-hydrogen) atoms. The summed E-state index contributed by atoms with van der Waals surface area (Å²) >= 11 is 0. The van der Waals surface area contributed by atoms with Crippen LogP contribution in [-0.4, -0.2) is 26.2 Å². The molecule has 1 heterocycles. The summed E-state index contributed by atoms with van der Waals surface area (Å²) in [6.07, 6.45) is 2.11. The smallest absolute Gasteiger partial charge is 0.142 e. The van der Waals surface area contributed by atoms with Crippen molar-refractivity contribution < 1.29 is 9.13 Å². The maximum Gasteiger partial charge on any atom is 0.142 e. The summed E-state index contributed by atoms with van der Waals surface area (Å²) < 4.78 is 18.6. The van der Waals surface area contributed by atoms with E-state index >= 15 is 0 Å². The van der Waals surface area contributed by atoms with E-state index in [1.807, 2.05) is 7.05 Å². The molecule has 0 spiro atoms. The molecule has 2 rings (SSSR count). The molecule has 0 fully saturated rings. The van der Waals surface area contributed by atoms with Crippen molar-refractivity contribution in [2.45, 2.75) is 18.9 Å². The number of hydrogen-bond donors (Lipinski definition) is 2. The topological polar surface area (TPSA) is 33.3 Å². The van der Waals surface area contributed by atoms with Crippen LogP contribution in [0.25, 0.3) is 0 Å². The molecule has 4 heteroatoms. The van der Waals surface area contributed by atoms with Gasteiger partial charge in [0.05, 0.1) is 11.7 Å². The van der Waals surface area contributed by atoms with E-state index in [0.717, 1.165) is 30.8 Å². The molecule has 1 atom stereocenters. The van der Waals surface area contributed by atoms with Gasteiger partial charge in [-0.15, -0.1) is 0 Å². The molecule has 1 aromatic carbocycles. The number of ether oxygens (including phenoxy) is 1. The Morgan fingerprint density at radius 3 is 3.25 bits per heavy atom. The zero-order chi connectivity index (χ0) is 11.4. The van der Waals surface area contributed by atoms with Gasteiger partial charge in [-0.3, -0.25) is 0 Å². The predicted octanol–water partition coefficient (Wildman–Crippen LogP) is 2.00. The predicted molar refractivity (Wildman–Crippen MR) is 62.5 cm³/mol. The van der Waals surface area contributed by atoms with E-state index in [1.165, 1.54) is 12.1 Å². The van der Waals surface area contributed by atoms with Gasteiger partial charge in [-0.25, -0.2) is 4.39 Å². The number of fused-ring (bicyclic) bond motifs is 1. The van der Waals surface area contributed by atoms with Crippen molar-refractivity contribution in [3.63, 3.8) is 0 Å². The fourth-order valence-electron chi connectivity index (χ4n) is 1.87. The van der Waals surface area contributed by atoms with Crippen molar-refractivity contribution in [3.05, 3.63) is 24.0 Å². The minimum atomic E-state index is -0.231. The van der Waals surface area contributed by atoms with Crippen molar-refractivity contribution in [2.75, 3.05) is 25.5 Å². The Hall–Kier alpha value is -1.29. The van der Waals surface area contributed by atoms with E-state index in [-0.39, 0.29) is 11.9 Å². The van der Waals surface area contributed by atoms with Crippen molar-refractivity contribution in [1.29, 1.82) is 0 Å². The van der Waals surface area contributed by atoms with E-state index in [9.17, 15) is 4.39 Å². The molecule has 3 nitrogen and oxygen atoms in total. The number of benzene rings is 1. The second-order valence-electron chi connectivity index (χ2n) is 4.04. The monoisotopic (exact) mass is 224 g/mol. The minimum absolute atomic E-state index is 0.231. The summed E-state index contributed by atoms with van der Waals surface area (Å²) in [4.78, 5) is 0. The highest BCUT2D eigenvalue weighted by molar-refractivity contribution is 5.58. The van der Waals surface area contributed by atoms with E-state index in [0.29, 0.717) is 6.61 Å². The van der Waals surface area contributed by atoms with Gasteiger partial charge in [0.2, 0.25) is 0 Å². The largest absolute Gasteiger partial charge is 0.489 e. The van der Waals surface area contributed by atoms with Gasteiger partial charge in [0, 0.05) is 6.07 Å². The number of halogens is 1. The molecule has 1 unspecified atom stereocenters. The highest BCUT2D eigenvalue weighted by Crippen LogP contribution is 2.30. The van der Waals surface area contributed by atoms with Crippen LogP contribution in [0.4, 0.5) is 10.1 Å². The Kier molecular flexibility index (Phi) is 3.62. The summed E-state index contributed by atoms with van der Waals surface area (Å²) in [7, 11) is 1.94. The van der Waals surface area contributed by atoms with Crippen LogP contribution >= 0.6 is 0 Å². The van der Waals surface area contributed by atoms with Gasteiger partial charge >= 0.3 is 0 Å². The minimum Gasteiger partial charge on any atom is -0.489 e. The third-order valence-electron chi connectivity index (χ3n) is 2.72. The Labute approximate surface area is 95.0 Å². The summed E-state index contributed by atoms with van der Waals surface area (Å²) in [5.74, 6) is 0.511. The van der Waals surface area contributed by atoms with Crippen molar-refractivity contribution in [3.8, 4) is 5.75 Å². The molecule has 0 aliphatic carbocycles. The third kappa shape index (κ3) is 2.64. The Morgan fingerprint density at radius 2 is 2.44 bits per heavy atom. The Balaban J connectivity index is 1.94. The zero-order valence-electron chi connectivity index (χ0n) is 9.42. The van der Waals surface area contributed by atoms with Crippen molar-refractivity contribution >= 4 is 5.69 Å². The second kappa shape index (κ2) is 5.16. The van der Waals surface area contributed by atoms with E-state index < -0.39 is 0 Å². The van der Waals surface area contributed by atoms with Crippen LogP contribution in [0.3, 0.4) is 0 Å². The normalized spacial score (nSPS) is 18.5. The molecule has 0 bridgehead atoms. The summed E-state index contributed by atoms with van der Waals surface area (Å²) in [6, 6.07) is 4.85. The molecule has 0 saturated heterocycles. The van der Waals surface area contributed by atoms with Gasteiger partial charge in [0.25, 0.3) is 0 Å². The lowest BCUT2D eigenvalue weighted by molar-refractivity contribution is 0.276. The molecular formula is C12H17FN2O. The second-order valence-corrected chi connectivity index (χ2v) is 4.04. The van der Waals surface area contributed by atoms with Crippen molar-refractivity contribution in [1.82, 2.24) is 5.32 Å². The number of hydrogen-bond acceptors (Lipinski definition) is 3. The van der Waals surface area contributed by atoms with E-state index in [1.54, 1.807) is 6.07 Å². The van der Waals surface area contributed by atoms with Crippen LogP contribution in [0, 0.1) is 5.82 Å². The molecule has 0 saturated carbocycles. The van der Waals surface area contributed by atoms with Gasteiger partial charge in [-0.05, 0) is 38.6 Å². The average Bonchev–Trinajstić information content (AvgIpc) is 2.29. The first-order valence-electron chi connectivity index (χ1n) is 5.63. The van der Waals surface area contributed by atoms with E-state index in [4.69, 9.17) is 4.74 Å². The van der Waals surface area contributed by atoms with Crippen LogP contribution < -0.4 is 15.4 Å². The summed E-state index contributed by atoms with van der Waals surface area (Å²) in [5.41, 5.74) is 0.765. The number of nitrogens with one attached hydrogen (secondary N) is 2. The van der Waals surface area contributed by atoms with Crippen molar-refractivity contribution in [2.24, 2.45) is 0 Å². The van der Waals surface area contributed by atoms with Crippen LogP contribution in [-0.2, 0) is 0 Å². The molecule has 0 amide bonds. The maximum absolute atomic E-state index is 13.0. The first-order valence-corrected chi connectivity index (χ1v) is 5.63. The van der Waals surface area contributed by atoms with Gasteiger partial charge < -0.3 is 15.4 Å². The fraction of sp³-hybridized carbons (Fsp3) is 0.500. The highest BCUT2D eigenvalue weighted by Gasteiger charge is 2.18. The number of anilines is 1. The Morgan fingerprint density at radius 1 is 1.56 bits per heavy atom. The molecule has 0 radical (unpaired) electrons. The van der Waals surface area contributed by atoms with Crippen LogP contribution in [0.5, 0.6) is 5.75 Å². The zero-order valence-corrected chi connectivity index (χ0v) is 9.42.